The first-order valence-corrected chi connectivity index (χ1v) is 9.97. The lowest BCUT2D eigenvalue weighted by Crippen LogP contribution is -2.26. The zero-order valence-electron chi connectivity index (χ0n) is 12.3. The molecule has 7 heteroatoms. The Kier molecular flexibility index (Phi) is 5.56. The van der Waals surface area contributed by atoms with E-state index in [1.54, 1.807) is 22.8 Å². The molecule has 0 fully saturated rings. The summed E-state index contributed by atoms with van der Waals surface area (Å²) in [6.07, 6.45) is 0. The van der Waals surface area contributed by atoms with Crippen molar-refractivity contribution in [2.24, 2.45) is 0 Å². The van der Waals surface area contributed by atoms with Crippen LogP contribution in [0.5, 0.6) is 0 Å². The maximum atomic E-state index is 12.4. The number of sulfonamides is 1. The zero-order chi connectivity index (χ0) is 15.5. The molecule has 0 spiro atoms. The molecule has 2 heterocycles. The largest absolute Gasteiger partial charge is 0.312 e. The minimum atomic E-state index is -3.46. The van der Waals surface area contributed by atoms with Gasteiger partial charge in [-0.05, 0) is 38.6 Å². The highest BCUT2D eigenvalue weighted by atomic mass is 32.2. The van der Waals surface area contributed by atoms with Gasteiger partial charge in [-0.1, -0.05) is 6.92 Å². The molecule has 1 unspecified atom stereocenters. The van der Waals surface area contributed by atoms with Gasteiger partial charge in [0.15, 0.2) is 0 Å². The van der Waals surface area contributed by atoms with Crippen molar-refractivity contribution in [2.45, 2.75) is 38.3 Å². The van der Waals surface area contributed by atoms with Crippen LogP contribution in [0.15, 0.2) is 28.5 Å². The highest BCUT2D eigenvalue weighted by molar-refractivity contribution is 7.89. The Hall–Kier alpha value is -0.730. The van der Waals surface area contributed by atoms with Gasteiger partial charge in [0.05, 0.1) is 10.9 Å². The SMILES string of the molecule is CCNCc1cc(S(=O)(=O)NC(C)c2ccc(C)s2)cs1. The van der Waals surface area contributed by atoms with Crippen molar-refractivity contribution >= 4 is 32.7 Å². The van der Waals surface area contributed by atoms with Crippen LogP contribution in [0.4, 0.5) is 0 Å². The molecular weight excluding hydrogens is 324 g/mol. The molecule has 2 aromatic heterocycles. The highest BCUT2D eigenvalue weighted by Gasteiger charge is 2.20. The lowest BCUT2D eigenvalue weighted by molar-refractivity contribution is 0.569. The van der Waals surface area contributed by atoms with Gasteiger partial charge in [-0.25, -0.2) is 13.1 Å². The zero-order valence-corrected chi connectivity index (χ0v) is 14.8. The van der Waals surface area contributed by atoms with E-state index in [0.29, 0.717) is 11.4 Å². The molecule has 0 aliphatic rings. The minimum absolute atomic E-state index is 0.217. The Balaban J connectivity index is 2.09. The lowest BCUT2D eigenvalue weighted by Gasteiger charge is -2.11. The topological polar surface area (TPSA) is 58.2 Å². The van der Waals surface area contributed by atoms with E-state index in [2.05, 4.69) is 10.0 Å². The van der Waals surface area contributed by atoms with Gasteiger partial charge in [0.1, 0.15) is 0 Å². The van der Waals surface area contributed by atoms with Crippen molar-refractivity contribution in [1.82, 2.24) is 10.0 Å². The van der Waals surface area contributed by atoms with Crippen LogP contribution in [-0.2, 0) is 16.6 Å². The van der Waals surface area contributed by atoms with Gasteiger partial charge in [0.25, 0.3) is 0 Å². The molecule has 0 aliphatic carbocycles. The van der Waals surface area contributed by atoms with E-state index in [4.69, 9.17) is 0 Å². The summed E-state index contributed by atoms with van der Waals surface area (Å²) in [7, 11) is -3.46. The second kappa shape index (κ2) is 7.02. The molecular formula is C14H20N2O2S3. The maximum absolute atomic E-state index is 12.4. The molecule has 4 nitrogen and oxygen atoms in total. The van der Waals surface area contributed by atoms with Gasteiger partial charge in [-0.3, -0.25) is 0 Å². The van der Waals surface area contributed by atoms with Gasteiger partial charge < -0.3 is 5.32 Å². The van der Waals surface area contributed by atoms with Crippen molar-refractivity contribution < 1.29 is 8.42 Å². The Morgan fingerprint density at radius 2 is 2.10 bits per heavy atom. The quantitative estimate of drug-likeness (QED) is 0.810. The fourth-order valence-electron chi connectivity index (χ4n) is 1.89. The predicted octanol–water partition coefficient (Wildman–Crippen LogP) is 3.27. The average Bonchev–Trinajstić information content (AvgIpc) is 3.05. The van der Waals surface area contributed by atoms with Crippen molar-refractivity contribution in [3.8, 4) is 0 Å². The Morgan fingerprint density at radius 1 is 1.33 bits per heavy atom. The minimum Gasteiger partial charge on any atom is -0.312 e. The molecule has 2 aromatic rings. The van der Waals surface area contributed by atoms with Gasteiger partial charge in [-0.15, -0.1) is 22.7 Å². The molecule has 0 saturated carbocycles. The molecule has 2 N–H and O–H groups in total. The van der Waals surface area contributed by atoms with Crippen LogP contribution >= 0.6 is 22.7 Å². The second-order valence-corrected chi connectivity index (χ2v) is 8.85. The molecule has 0 bridgehead atoms. The van der Waals surface area contributed by atoms with Gasteiger partial charge in [0, 0.05) is 26.6 Å². The summed E-state index contributed by atoms with van der Waals surface area (Å²) in [6, 6.07) is 5.49. The van der Waals surface area contributed by atoms with Crippen molar-refractivity contribution in [2.75, 3.05) is 6.54 Å². The summed E-state index contributed by atoms with van der Waals surface area (Å²) in [5.74, 6) is 0. The molecule has 116 valence electrons. The predicted molar refractivity (Wildman–Crippen MR) is 89.5 cm³/mol. The van der Waals surface area contributed by atoms with E-state index < -0.39 is 10.0 Å². The molecule has 21 heavy (non-hydrogen) atoms. The summed E-state index contributed by atoms with van der Waals surface area (Å²) >= 11 is 3.08. The Bertz CT molecular complexity index is 689. The van der Waals surface area contributed by atoms with Crippen LogP contribution in [-0.4, -0.2) is 15.0 Å². The van der Waals surface area contributed by atoms with Crippen LogP contribution in [0.1, 0.15) is 34.5 Å². The third kappa shape index (κ3) is 4.37. The van der Waals surface area contributed by atoms with Crippen LogP contribution in [0.2, 0.25) is 0 Å². The van der Waals surface area contributed by atoms with Gasteiger partial charge >= 0.3 is 0 Å². The molecule has 0 aromatic carbocycles. The molecule has 0 amide bonds. The second-order valence-electron chi connectivity index (χ2n) is 4.82. The molecule has 0 aliphatic heterocycles. The van der Waals surface area contributed by atoms with Crippen molar-refractivity contribution in [3.63, 3.8) is 0 Å². The first-order valence-electron chi connectivity index (χ1n) is 6.79. The first-order chi connectivity index (χ1) is 9.92. The third-order valence-corrected chi connectivity index (χ3v) is 6.80. The highest BCUT2D eigenvalue weighted by Crippen LogP contribution is 2.25. The van der Waals surface area contributed by atoms with Crippen molar-refractivity contribution in [3.05, 3.63) is 38.2 Å². The molecule has 0 saturated heterocycles. The summed E-state index contributed by atoms with van der Waals surface area (Å²) in [4.78, 5) is 3.58. The number of rotatable bonds is 7. The Labute approximate surface area is 134 Å². The van der Waals surface area contributed by atoms with E-state index in [1.165, 1.54) is 16.2 Å². The summed E-state index contributed by atoms with van der Waals surface area (Å²) in [5, 5.41) is 4.89. The number of nitrogens with one attached hydrogen (secondary N) is 2. The number of hydrogen-bond acceptors (Lipinski definition) is 5. The summed E-state index contributed by atoms with van der Waals surface area (Å²) < 4.78 is 27.5. The van der Waals surface area contributed by atoms with Crippen LogP contribution < -0.4 is 10.0 Å². The summed E-state index contributed by atoms with van der Waals surface area (Å²) in [6.45, 7) is 7.48. The molecule has 0 radical (unpaired) electrons. The van der Waals surface area contributed by atoms with E-state index >= 15 is 0 Å². The smallest absolute Gasteiger partial charge is 0.241 e. The van der Waals surface area contributed by atoms with Crippen LogP contribution in [0, 0.1) is 6.92 Å². The van der Waals surface area contributed by atoms with Crippen LogP contribution in [0.25, 0.3) is 0 Å². The summed E-state index contributed by atoms with van der Waals surface area (Å²) in [5.41, 5.74) is 0. The van der Waals surface area contributed by atoms with Gasteiger partial charge in [-0.2, -0.15) is 0 Å². The molecule has 2 rings (SSSR count). The first kappa shape index (κ1) is 16.6. The monoisotopic (exact) mass is 344 g/mol. The van der Waals surface area contributed by atoms with Crippen molar-refractivity contribution in [1.29, 1.82) is 0 Å². The van der Waals surface area contributed by atoms with E-state index in [-0.39, 0.29) is 6.04 Å². The standard InChI is InChI=1S/C14H20N2O2S3/c1-4-15-8-12-7-13(9-19-12)21(17,18)16-11(3)14-6-5-10(2)20-14/h5-7,9,11,15-16H,4,8H2,1-3H3. The normalized spacial score (nSPS) is 13.5. The lowest BCUT2D eigenvalue weighted by atomic mass is 10.3. The number of hydrogen-bond donors (Lipinski definition) is 2. The van der Waals surface area contributed by atoms with E-state index in [1.807, 2.05) is 32.9 Å². The maximum Gasteiger partial charge on any atom is 0.241 e. The molecule has 1 atom stereocenters. The number of aryl methyl sites for hydroxylation is 1. The third-order valence-electron chi connectivity index (χ3n) is 3.01. The fraction of sp³-hybridized carbons (Fsp3) is 0.429. The average molecular weight is 345 g/mol. The fourth-order valence-corrected chi connectivity index (χ4v) is 5.31. The van der Waals surface area contributed by atoms with Gasteiger partial charge in [0.2, 0.25) is 10.0 Å². The van der Waals surface area contributed by atoms with Crippen LogP contribution in [0.3, 0.4) is 0 Å². The number of thiophene rings is 2. The Morgan fingerprint density at radius 3 is 2.71 bits per heavy atom. The van der Waals surface area contributed by atoms with E-state index in [0.717, 1.165) is 16.3 Å². The van der Waals surface area contributed by atoms with E-state index in [9.17, 15) is 8.42 Å².